The van der Waals surface area contributed by atoms with Gasteiger partial charge in [0.2, 0.25) is 0 Å². The Hall–Kier alpha value is -0.590. The maximum Gasteiger partial charge on any atom is 0.136 e. The molecule has 0 aromatic carbocycles. The molecule has 0 bridgehead atoms. The molecule has 1 fully saturated rings. The molecule has 0 radical (unpaired) electrons. The summed E-state index contributed by atoms with van der Waals surface area (Å²) in [6.07, 6.45) is 13.6. The van der Waals surface area contributed by atoms with E-state index in [0.29, 0.717) is 11.7 Å². The number of hydrogen-bond donors (Lipinski definition) is 0. The number of allylic oxidation sites excluding steroid dienone is 2. The lowest BCUT2D eigenvalue weighted by atomic mass is 10.0. The van der Waals surface area contributed by atoms with Crippen LogP contribution in [0.5, 0.6) is 0 Å². The van der Waals surface area contributed by atoms with Crippen molar-refractivity contribution in [1.29, 1.82) is 0 Å². The molecule has 1 heteroatoms. The molecule has 1 aliphatic carbocycles. The third kappa shape index (κ3) is 4.08. The van der Waals surface area contributed by atoms with Crippen LogP contribution in [0.25, 0.3) is 0 Å². The Morgan fingerprint density at radius 3 is 2.86 bits per heavy atom. The standard InChI is InChI=1S/C13H22O/c1-2-3-4-5-6-7-9-12-10-8-11-13(12)14/h6-7,12H,2-5,8-11H2,1H3/b7-6-/t12-/m1/s1. The van der Waals surface area contributed by atoms with Gasteiger partial charge in [-0.1, -0.05) is 31.9 Å². The average Bonchev–Trinajstić information content (AvgIpc) is 2.58. The number of Topliss-reactive ketones (excluding diaryl/α,β-unsaturated/α-hetero) is 1. The molecule has 1 nitrogen and oxygen atoms in total. The minimum Gasteiger partial charge on any atom is -0.299 e. The molecule has 80 valence electrons. The molecule has 0 aromatic rings. The van der Waals surface area contributed by atoms with E-state index in [1.165, 1.54) is 25.7 Å². The van der Waals surface area contributed by atoms with E-state index in [-0.39, 0.29) is 0 Å². The Kier molecular flexibility index (Phi) is 5.58. The van der Waals surface area contributed by atoms with Crippen LogP contribution >= 0.6 is 0 Å². The first-order valence-electron chi connectivity index (χ1n) is 6.02. The van der Waals surface area contributed by atoms with Crippen molar-refractivity contribution < 1.29 is 4.79 Å². The second-order valence-electron chi connectivity index (χ2n) is 4.26. The lowest BCUT2D eigenvalue weighted by molar-refractivity contribution is -0.120. The summed E-state index contributed by atoms with van der Waals surface area (Å²) in [7, 11) is 0. The van der Waals surface area contributed by atoms with Crippen molar-refractivity contribution in [3.05, 3.63) is 12.2 Å². The van der Waals surface area contributed by atoms with Crippen LogP contribution < -0.4 is 0 Å². The van der Waals surface area contributed by atoms with E-state index >= 15 is 0 Å². The molecule has 0 aliphatic heterocycles. The fraction of sp³-hybridized carbons (Fsp3) is 0.769. The van der Waals surface area contributed by atoms with Gasteiger partial charge in [-0.3, -0.25) is 4.79 Å². The third-order valence-corrected chi connectivity index (χ3v) is 2.99. The second-order valence-corrected chi connectivity index (χ2v) is 4.26. The van der Waals surface area contributed by atoms with Gasteiger partial charge in [0.25, 0.3) is 0 Å². The summed E-state index contributed by atoms with van der Waals surface area (Å²) in [5.41, 5.74) is 0. The van der Waals surface area contributed by atoms with Gasteiger partial charge in [-0.05, 0) is 32.1 Å². The molecule has 1 aliphatic rings. The highest BCUT2D eigenvalue weighted by Crippen LogP contribution is 2.24. The van der Waals surface area contributed by atoms with Crippen molar-refractivity contribution in [2.45, 2.75) is 58.3 Å². The van der Waals surface area contributed by atoms with Crippen molar-refractivity contribution in [1.82, 2.24) is 0 Å². The first kappa shape index (κ1) is 11.5. The van der Waals surface area contributed by atoms with E-state index in [1.807, 2.05) is 0 Å². The largest absolute Gasteiger partial charge is 0.299 e. The number of unbranched alkanes of at least 4 members (excludes halogenated alkanes) is 3. The van der Waals surface area contributed by atoms with E-state index in [1.54, 1.807) is 0 Å². The zero-order chi connectivity index (χ0) is 10.2. The van der Waals surface area contributed by atoms with Crippen molar-refractivity contribution in [3.63, 3.8) is 0 Å². The number of carbonyl (C=O) groups excluding carboxylic acids is 1. The molecule has 0 unspecified atom stereocenters. The van der Waals surface area contributed by atoms with Crippen LogP contribution in [0.15, 0.2) is 12.2 Å². The summed E-state index contributed by atoms with van der Waals surface area (Å²) >= 11 is 0. The van der Waals surface area contributed by atoms with E-state index in [9.17, 15) is 4.79 Å². The third-order valence-electron chi connectivity index (χ3n) is 2.99. The average molecular weight is 194 g/mol. The molecule has 1 saturated carbocycles. The van der Waals surface area contributed by atoms with E-state index in [2.05, 4.69) is 19.1 Å². The molecule has 0 aromatic heterocycles. The number of ketones is 1. The van der Waals surface area contributed by atoms with Gasteiger partial charge < -0.3 is 0 Å². The van der Waals surface area contributed by atoms with Gasteiger partial charge in [0.1, 0.15) is 5.78 Å². The highest BCUT2D eigenvalue weighted by Gasteiger charge is 2.22. The lowest BCUT2D eigenvalue weighted by Gasteiger charge is -2.01. The molecule has 0 heterocycles. The maximum atomic E-state index is 11.3. The Morgan fingerprint density at radius 1 is 1.36 bits per heavy atom. The number of hydrogen-bond acceptors (Lipinski definition) is 1. The van der Waals surface area contributed by atoms with Crippen molar-refractivity contribution in [2.75, 3.05) is 0 Å². The molecule has 1 atom stereocenters. The normalized spacial score (nSPS) is 22.4. The molecule has 14 heavy (non-hydrogen) atoms. The Morgan fingerprint density at radius 2 is 2.21 bits per heavy atom. The number of carbonyl (C=O) groups is 1. The smallest absolute Gasteiger partial charge is 0.136 e. The highest BCUT2D eigenvalue weighted by atomic mass is 16.1. The van der Waals surface area contributed by atoms with Gasteiger partial charge in [0.15, 0.2) is 0 Å². The fourth-order valence-electron chi connectivity index (χ4n) is 2.03. The Bertz CT molecular complexity index is 193. The van der Waals surface area contributed by atoms with Crippen LogP contribution in [-0.2, 0) is 4.79 Å². The van der Waals surface area contributed by atoms with E-state index in [0.717, 1.165) is 25.7 Å². The first-order valence-corrected chi connectivity index (χ1v) is 6.02. The van der Waals surface area contributed by atoms with Crippen LogP contribution in [0, 0.1) is 5.92 Å². The molecule has 0 saturated heterocycles. The number of rotatable bonds is 6. The summed E-state index contributed by atoms with van der Waals surface area (Å²) in [6.45, 7) is 2.22. The van der Waals surface area contributed by atoms with Crippen LogP contribution in [0.4, 0.5) is 0 Å². The first-order chi connectivity index (χ1) is 6.84. The molecule has 1 rings (SSSR count). The minimum absolute atomic E-state index is 0.359. The zero-order valence-electron chi connectivity index (χ0n) is 9.30. The molecule has 0 amide bonds. The van der Waals surface area contributed by atoms with Crippen molar-refractivity contribution in [3.8, 4) is 0 Å². The zero-order valence-corrected chi connectivity index (χ0v) is 9.30. The van der Waals surface area contributed by atoms with E-state index < -0.39 is 0 Å². The highest BCUT2D eigenvalue weighted by molar-refractivity contribution is 5.82. The molecule has 0 N–H and O–H groups in total. The van der Waals surface area contributed by atoms with Crippen LogP contribution in [0.2, 0.25) is 0 Å². The van der Waals surface area contributed by atoms with Crippen LogP contribution in [-0.4, -0.2) is 5.78 Å². The summed E-state index contributed by atoms with van der Waals surface area (Å²) in [5.74, 6) is 0.848. The molecular formula is C13H22O. The molecular weight excluding hydrogens is 172 g/mol. The van der Waals surface area contributed by atoms with Gasteiger partial charge in [0.05, 0.1) is 0 Å². The monoisotopic (exact) mass is 194 g/mol. The van der Waals surface area contributed by atoms with Crippen molar-refractivity contribution in [2.24, 2.45) is 5.92 Å². The summed E-state index contributed by atoms with van der Waals surface area (Å²) in [4.78, 5) is 11.3. The summed E-state index contributed by atoms with van der Waals surface area (Å²) in [6, 6.07) is 0. The summed E-state index contributed by atoms with van der Waals surface area (Å²) < 4.78 is 0. The van der Waals surface area contributed by atoms with Gasteiger partial charge >= 0.3 is 0 Å². The van der Waals surface area contributed by atoms with Crippen molar-refractivity contribution >= 4 is 5.78 Å². The van der Waals surface area contributed by atoms with Gasteiger partial charge in [-0.2, -0.15) is 0 Å². The molecule has 0 spiro atoms. The second kappa shape index (κ2) is 6.80. The summed E-state index contributed by atoms with van der Waals surface area (Å²) in [5, 5.41) is 0. The van der Waals surface area contributed by atoms with E-state index in [4.69, 9.17) is 0 Å². The predicted molar refractivity (Wildman–Crippen MR) is 60.2 cm³/mol. The minimum atomic E-state index is 0.359. The topological polar surface area (TPSA) is 17.1 Å². The van der Waals surface area contributed by atoms with Gasteiger partial charge in [0, 0.05) is 12.3 Å². The lowest BCUT2D eigenvalue weighted by Crippen LogP contribution is -2.03. The van der Waals surface area contributed by atoms with Crippen LogP contribution in [0.1, 0.15) is 58.3 Å². The fourth-order valence-corrected chi connectivity index (χ4v) is 2.03. The van der Waals surface area contributed by atoms with Gasteiger partial charge in [-0.25, -0.2) is 0 Å². The Labute approximate surface area is 87.6 Å². The quantitative estimate of drug-likeness (QED) is 0.463. The SMILES string of the molecule is CCCCC/C=C\C[C@@H]1CCCC1=O. The Balaban J connectivity index is 2.04. The predicted octanol–water partition coefficient (Wildman–Crippen LogP) is 3.88. The van der Waals surface area contributed by atoms with Crippen LogP contribution in [0.3, 0.4) is 0 Å². The maximum absolute atomic E-state index is 11.3. The van der Waals surface area contributed by atoms with Gasteiger partial charge in [-0.15, -0.1) is 0 Å².